The molecule has 4 nitrogen and oxygen atoms in total. The summed E-state index contributed by atoms with van der Waals surface area (Å²) in [4.78, 5) is 17.4. The third-order valence-electron chi connectivity index (χ3n) is 4.72. The number of benzene rings is 2. The van der Waals surface area contributed by atoms with Crippen molar-refractivity contribution >= 4 is 94.6 Å². The Kier molecular flexibility index (Phi) is 10.8. The van der Waals surface area contributed by atoms with E-state index >= 15 is 0 Å². The monoisotopic (exact) mass is 736 g/mol. The van der Waals surface area contributed by atoms with Crippen LogP contribution in [-0.4, -0.2) is 70.9 Å². The topological polar surface area (TPSA) is 51.6 Å². The van der Waals surface area contributed by atoms with Gasteiger partial charge < -0.3 is 0 Å². The van der Waals surface area contributed by atoms with Gasteiger partial charge in [0.1, 0.15) is 0 Å². The van der Waals surface area contributed by atoms with Crippen LogP contribution in [0.5, 0.6) is 0 Å². The molecule has 0 atom stereocenters. The van der Waals surface area contributed by atoms with Gasteiger partial charge in [0.2, 0.25) is 0 Å². The second kappa shape index (κ2) is 13.5. The van der Waals surface area contributed by atoms with Crippen LogP contribution in [0.1, 0.15) is 0 Å². The Hall–Kier alpha value is -1.32. The van der Waals surface area contributed by atoms with E-state index in [0.29, 0.717) is 0 Å². The summed E-state index contributed by atoms with van der Waals surface area (Å²) in [5, 5.41) is 4.55. The Labute approximate surface area is 227 Å². The van der Waals surface area contributed by atoms with Crippen molar-refractivity contribution in [2.24, 2.45) is 0 Å². The number of rotatable bonds is 1. The van der Waals surface area contributed by atoms with E-state index in [2.05, 4.69) is 96.8 Å². The molecule has 0 aliphatic rings. The first-order chi connectivity index (χ1) is 15.8. The molecule has 0 amide bonds. The second-order valence-corrected chi connectivity index (χ2v) is 25.5. The van der Waals surface area contributed by atoms with Gasteiger partial charge in [-0.25, -0.2) is 0 Å². The summed E-state index contributed by atoms with van der Waals surface area (Å²) in [6.45, 7) is 0. The number of hydrogen-bond acceptors (Lipinski definition) is 4. The molecular formula is C24H16FeN4Se4. The molecule has 0 unspecified atom stereocenters. The van der Waals surface area contributed by atoms with E-state index in [4.69, 9.17) is 0 Å². The van der Waals surface area contributed by atoms with Crippen LogP contribution in [0.15, 0.2) is 97.6 Å². The number of aromatic nitrogens is 4. The van der Waals surface area contributed by atoms with Gasteiger partial charge >= 0.3 is 68.1 Å². The zero-order valence-electron chi connectivity index (χ0n) is 17.0. The third-order valence-corrected chi connectivity index (χ3v) is 24.9. The van der Waals surface area contributed by atoms with E-state index in [1.807, 2.05) is 24.3 Å². The molecule has 0 fully saturated rings. The van der Waals surface area contributed by atoms with Gasteiger partial charge in [0.25, 0.3) is 0 Å². The fourth-order valence-corrected chi connectivity index (χ4v) is 3.36. The summed E-state index contributed by atoms with van der Waals surface area (Å²) in [6.07, 6.45) is 7.21. The van der Waals surface area contributed by atoms with Gasteiger partial charge in [-0.3, -0.25) is 19.9 Å². The van der Waals surface area contributed by atoms with Crippen LogP contribution in [0, 0.1) is 0 Å². The molecule has 0 radical (unpaired) electrons. The normalized spacial score (nSPS) is 10.1. The Morgan fingerprint density at radius 3 is 0.879 bits per heavy atom. The maximum Gasteiger partial charge on any atom is 0.0964 e. The maximum atomic E-state index is 4.35. The molecule has 4 heterocycles. The molecule has 0 saturated heterocycles. The van der Waals surface area contributed by atoms with Crippen molar-refractivity contribution in [1.29, 1.82) is 0 Å². The third kappa shape index (κ3) is 6.63. The number of hydrogen-bond donors (Lipinski definition) is 0. The average molecular weight is 732 g/mol. The molecule has 6 aromatic rings. The van der Waals surface area contributed by atoms with Gasteiger partial charge in [-0.05, 0) is 24.3 Å². The standard InChI is InChI=1S/2C12H8N2.Fe.H2Se4/c2*1-3-9-5-6-10-4-2-8-14-12(10)11(9)13-7-1;;1-3-4-2/h2*1-8H;;1-2H/q;;+2;/p-2. The van der Waals surface area contributed by atoms with E-state index in [0.717, 1.165) is 66.2 Å². The molecule has 33 heavy (non-hydrogen) atoms. The molecule has 0 saturated carbocycles. The van der Waals surface area contributed by atoms with Crippen molar-refractivity contribution in [3.05, 3.63) is 97.6 Å². The molecule has 164 valence electrons. The molecule has 6 rings (SSSR count). The van der Waals surface area contributed by atoms with Crippen molar-refractivity contribution < 1.29 is 17.1 Å². The minimum atomic E-state index is 0. The first kappa shape index (κ1) is 26.3. The molecule has 2 aromatic carbocycles. The van der Waals surface area contributed by atoms with Crippen LogP contribution < -0.4 is 0 Å². The van der Waals surface area contributed by atoms with Gasteiger partial charge in [0.05, 0.1) is 22.1 Å². The molecule has 0 bridgehead atoms. The van der Waals surface area contributed by atoms with Crippen LogP contribution in [0.4, 0.5) is 0 Å². The van der Waals surface area contributed by atoms with Crippen molar-refractivity contribution in [2.75, 3.05) is 0 Å². The summed E-state index contributed by atoms with van der Waals surface area (Å²) in [5.74, 6) is 0. The zero-order chi connectivity index (χ0) is 22.2. The molecule has 0 N–H and O–H groups in total. The van der Waals surface area contributed by atoms with Crippen LogP contribution in [0.2, 0.25) is 0 Å². The van der Waals surface area contributed by atoms with Crippen LogP contribution >= 0.6 is 0 Å². The fraction of sp³-hybridized carbons (Fsp3) is 0. The largest absolute Gasteiger partial charge is 0.254 e. The van der Waals surface area contributed by atoms with Crippen molar-refractivity contribution in [1.82, 2.24) is 19.9 Å². The average Bonchev–Trinajstić information content (AvgIpc) is 2.89. The summed E-state index contributed by atoms with van der Waals surface area (Å²) in [6, 6.07) is 24.3. The van der Waals surface area contributed by atoms with Crippen LogP contribution in [0.3, 0.4) is 0 Å². The molecule has 4 aromatic heterocycles. The van der Waals surface area contributed by atoms with Gasteiger partial charge in [0.15, 0.2) is 0 Å². The van der Waals surface area contributed by atoms with Gasteiger partial charge in [-0.2, -0.15) is 0 Å². The van der Waals surface area contributed by atoms with Gasteiger partial charge in [-0.1, -0.05) is 48.5 Å². The Bertz CT molecular complexity index is 1260. The first-order valence-corrected chi connectivity index (χ1v) is 22.6. The predicted molar refractivity (Wildman–Crippen MR) is 137 cm³/mol. The number of nitrogens with zero attached hydrogens (tertiary/aromatic N) is 4. The minimum Gasteiger partial charge on any atom is -0.254 e. The quantitative estimate of drug-likeness (QED) is 0.190. The Morgan fingerprint density at radius 1 is 0.424 bits per heavy atom. The predicted octanol–water partition coefficient (Wildman–Crippen LogP) is 4.04. The molecule has 0 aliphatic heterocycles. The molecular weight excluding hydrogens is 716 g/mol. The summed E-state index contributed by atoms with van der Waals surface area (Å²) in [5.41, 5.74) is 3.91. The first-order valence-electron chi connectivity index (χ1n) is 9.57. The van der Waals surface area contributed by atoms with Crippen molar-refractivity contribution in [2.45, 2.75) is 0 Å². The smallest absolute Gasteiger partial charge is 0.0964 e. The van der Waals surface area contributed by atoms with E-state index in [1.54, 1.807) is 24.8 Å². The van der Waals surface area contributed by atoms with Crippen LogP contribution in [-0.2, 0) is 17.1 Å². The summed E-state index contributed by atoms with van der Waals surface area (Å²) < 4.78 is 0. The number of pyridine rings is 4. The molecule has 9 heteroatoms. The van der Waals surface area contributed by atoms with E-state index < -0.39 is 0 Å². The van der Waals surface area contributed by atoms with Gasteiger partial charge in [-0.15, -0.1) is 0 Å². The van der Waals surface area contributed by atoms with Crippen molar-refractivity contribution in [3.63, 3.8) is 0 Å². The fourth-order valence-electron chi connectivity index (χ4n) is 3.36. The SMILES string of the molecule is [Fe+2].[Se-][Se][Se][Se-].c1cnc2c(c1)ccc1cccnc12.c1cnc2c(c1)ccc1cccnc12. The zero-order valence-corrected chi connectivity index (χ0v) is 25.0. The van der Waals surface area contributed by atoms with Crippen molar-refractivity contribution in [3.8, 4) is 0 Å². The van der Waals surface area contributed by atoms with E-state index in [1.165, 1.54) is 0 Å². The Morgan fingerprint density at radius 2 is 0.667 bits per heavy atom. The van der Waals surface area contributed by atoms with E-state index in [-0.39, 0.29) is 17.1 Å². The summed E-state index contributed by atoms with van der Waals surface area (Å²) >= 11 is 7.50. The van der Waals surface area contributed by atoms with Gasteiger partial charge in [0, 0.05) is 46.3 Å². The molecule has 0 spiro atoms. The Balaban J connectivity index is 0.000000156. The summed E-state index contributed by atoms with van der Waals surface area (Å²) in [7, 11) is 0. The maximum absolute atomic E-state index is 4.35. The van der Waals surface area contributed by atoms with Crippen LogP contribution in [0.25, 0.3) is 43.6 Å². The minimum absolute atomic E-state index is 0. The van der Waals surface area contributed by atoms with E-state index in [9.17, 15) is 0 Å². The number of fused-ring (bicyclic) bond motifs is 6. The molecule has 0 aliphatic carbocycles. The second-order valence-electron chi connectivity index (χ2n) is 6.57.